The highest BCUT2D eigenvalue weighted by molar-refractivity contribution is 6.31. The molecule has 1 amide bonds. The Labute approximate surface area is 183 Å². The molecular formula is C22H21ClN6O2. The number of carbonyl (C=O) groups excluding carboxylic acids is 1. The SMILES string of the molecule is C[C@H]1C(Nc2nc3cc(Cl)ccc3o2)CCCN1C(=O)c1ccccc1-n1nccn1. The molecule has 5 rings (SSSR count). The maximum absolute atomic E-state index is 13.5. The van der Waals surface area contributed by atoms with Gasteiger partial charge in [-0.15, -0.1) is 0 Å². The summed E-state index contributed by atoms with van der Waals surface area (Å²) in [5.74, 6) is -0.0451. The van der Waals surface area contributed by atoms with Crippen LogP contribution in [0, 0.1) is 0 Å². The highest BCUT2D eigenvalue weighted by atomic mass is 35.5. The van der Waals surface area contributed by atoms with E-state index in [0.717, 1.165) is 12.8 Å². The van der Waals surface area contributed by atoms with Crippen LogP contribution in [-0.4, -0.2) is 49.4 Å². The summed E-state index contributed by atoms with van der Waals surface area (Å²) in [4.78, 5) is 21.3. The predicted octanol–water partition coefficient (Wildman–Crippen LogP) is 4.17. The molecule has 9 heteroatoms. The number of anilines is 1. The molecule has 1 aliphatic rings. The van der Waals surface area contributed by atoms with Gasteiger partial charge in [-0.2, -0.15) is 20.0 Å². The number of fused-ring (bicyclic) bond motifs is 1. The van der Waals surface area contributed by atoms with E-state index in [1.165, 1.54) is 4.80 Å². The Hall–Kier alpha value is -3.39. The average molecular weight is 437 g/mol. The van der Waals surface area contributed by atoms with Crippen LogP contribution in [-0.2, 0) is 0 Å². The molecule has 0 bridgehead atoms. The number of carbonyl (C=O) groups is 1. The second-order valence-corrected chi connectivity index (χ2v) is 8.04. The third-order valence-corrected chi connectivity index (χ3v) is 5.91. The molecule has 0 spiro atoms. The lowest BCUT2D eigenvalue weighted by Gasteiger charge is -2.39. The normalized spacial score (nSPS) is 19.0. The summed E-state index contributed by atoms with van der Waals surface area (Å²) in [6, 6.07) is 13.1. The number of nitrogens with zero attached hydrogens (tertiary/aromatic N) is 5. The van der Waals surface area contributed by atoms with Crippen molar-refractivity contribution in [2.45, 2.75) is 31.8 Å². The number of nitrogens with one attached hydrogen (secondary N) is 1. The standard InChI is InChI=1S/C22H21ClN6O2/c1-14-17(26-22-27-18-13-15(23)8-9-20(18)31-22)6-4-12-28(14)21(30)16-5-2-3-7-19(16)29-24-10-11-25-29/h2-3,5,7-11,13-14,17H,4,6,12H2,1H3,(H,26,27)/t14-,17?/m0/s1. The van der Waals surface area contributed by atoms with Gasteiger partial charge in [0.1, 0.15) is 5.52 Å². The van der Waals surface area contributed by atoms with Gasteiger partial charge in [0.15, 0.2) is 5.58 Å². The Kier molecular flexibility index (Phi) is 5.07. The summed E-state index contributed by atoms with van der Waals surface area (Å²) in [7, 11) is 0. The van der Waals surface area contributed by atoms with Crippen LogP contribution >= 0.6 is 11.6 Å². The number of likely N-dealkylation sites (tertiary alicyclic amines) is 1. The number of hydrogen-bond donors (Lipinski definition) is 1. The Morgan fingerprint density at radius 1 is 1.19 bits per heavy atom. The molecule has 2 atom stereocenters. The summed E-state index contributed by atoms with van der Waals surface area (Å²) < 4.78 is 5.82. The maximum Gasteiger partial charge on any atom is 0.295 e. The Morgan fingerprint density at radius 3 is 2.84 bits per heavy atom. The first-order valence-corrected chi connectivity index (χ1v) is 10.6. The van der Waals surface area contributed by atoms with Crippen LogP contribution in [0.15, 0.2) is 59.3 Å². The van der Waals surface area contributed by atoms with Crippen LogP contribution in [0.4, 0.5) is 6.01 Å². The fourth-order valence-corrected chi connectivity index (χ4v) is 4.23. The Morgan fingerprint density at radius 2 is 2.00 bits per heavy atom. The van der Waals surface area contributed by atoms with Crippen molar-refractivity contribution in [1.29, 1.82) is 0 Å². The van der Waals surface area contributed by atoms with E-state index in [9.17, 15) is 4.79 Å². The first kappa shape index (κ1) is 19.6. The molecule has 0 aliphatic carbocycles. The summed E-state index contributed by atoms with van der Waals surface area (Å²) in [5, 5.41) is 12.4. The van der Waals surface area contributed by atoms with Gasteiger partial charge >= 0.3 is 0 Å². The quantitative estimate of drug-likeness (QED) is 0.516. The third-order valence-electron chi connectivity index (χ3n) is 5.68. The molecule has 1 aliphatic heterocycles. The maximum atomic E-state index is 13.5. The van der Waals surface area contributed by atoms with Crippen molar-refractivity contribution in [3.05, 3.63) is 65.4 Å². The lowest BCUT2D eigenvalue weighted by Crippen LogP contribution is -2.52. The summed E-state index contributed by atoms with van der Waals surface area (Å²) in [6.45, 7) is 2.73. The molecule has 0 radical (unpaired) electrons. The Bertz CT molecular complexity index is 1220. The monoisotopic (exact) mass is 436 g/mol. The Balaban J connectivity index is 1.38. The number of halogens is 1. The summed E-state index contributed by atoms with van der Waals surface area (Å²) in [5.41, 5.74) is 2.61. The number of piperidine rings is 1. The van der Waals surface area contributed by atoms with E-state index in [4.69, 9.17) is 16.0 Å². The van der Waals surface area contributed by atoms with E-state index in [1.54, 1.807) is 30.6 Å². The molecule has 4 aromatic rings. The molecule has 1 unspecified atom stereocenters. The van der Waals surface area contributed by atoms with Crippen molar-refractivity contribution in [1.82, 2.24) is 24.9 Å². The second-order valence-electron chi connectivity index (χ2n) is 7.60. The molecule has 2 aromatic carbocycles. The van der Waals surface area contributed by atoms with E-state index in [2.05, 4.69) is 20.5 Å². The van der Waals surface area contributed by atoms with Gasteiger partial charge < -0.3 is 14.6 Å². The van der Waals surface area contributed by atoms with Crippen LogP contribution in [0.25, 0.3) is 16.8 Å². The number of rotatable bonds is 4. The molecule has 3 heterocycles. The van der Waals surface area contributed by atoms with Crippen molar-refractivity contribution in [2.24, 2.45) is 0 Å². The minimum atomic E-state index is -0.0570. The van der Waals surface area contributed by atoms with Crippen molar-refractivity contribution in [3.8, 4) is 5.69 Å². The third kappa shape index (κ3) is 3.74. The van der Waals surface area contributed by atoms with Crippen molar-refractivity contribution >= 4 is 34.6 Å². The zero-order valence-corrected chi connectivity index (χ0v) is 17.7. The second kappa shape index (κ2) is 8.03. The van der Waals surface area contributed by atoms with Crippen LogP contribution < -0.4 is 5.32 Å². The van der Waals surface area contributed by atoms with Crippen LogP contribution in [0.3, 0.4) is 0 Å². The van der Waals surface area contributed by atoms with Gasteiger partial charge in [0.05, 0.1) is 29.7 Å². The van der Waals surface area contributed by atoms with Crippen LogP contribution in [0.1, 0.15) is 30.1 Å². The van der Waals surface area contributed by atoms with E-state index in [0.29, 0.717) is 39.9 Å². The first-order chi connectivity index (χ1) is 15.1. The van der Waals surface area contributed by atoms with Gasteiger partial charge in [-0.1, -0.05) is 23.7 Å². The molecule has 1 saturated heterocycles. The highest BCUT2D eigenvalue weighted by Gasteiger charge is 2.33. The minimum Gasteiger partial charge on any atom is -0.424 e. The lowest BCUT2D eigenvalue weighted by atomic mass is 9.96. The summed E-state index contributed by atoms with van der Waals surface area (Å²) >= 11 is 6.05. The molecule has 31 heavy (non-hydrogen) atoms. The topological polar surface area (TPSA) is 89.1 Å². The van der Waals surface area contributed by atoms with Gasteiger partial charge in [0.25, 0.3) is 11.9 Å². The number of benzene rings is 2. The molecule has 0 saturated carbocycles. The van der Waals surface area contributed by atoms with Gasteiger partial charge in [0.2, 0.25) is 0 Å². The predicted molar refractivity (Wildman–Crippen MR) is 118 cm³/mol. The molecule has 1 N–H and O–H groups in total. The highest BCUT2D eigenvalue weighted by Crippen LogP contribution is 2.27. The van der Waals surface area contributed by atoms with E-state index in [1.807, 2.05) is 36.1 Å². The smallest absolute Gasteiger partial charge is 0.295 e. The van der Waals surface area contributed by atoms with Gasteiger partial charge in [0, 0.05) is 17.6 Å². The summed E-state index contributed by atoms with van der Waals surface area (Å²) in [6.07, 6.45) is 4.98. The molecule has 2 aromatic heterocycles. The number of oxazole rings is 1. The van der Waals surface area contributed by atoms with Crippen LogP contribution in [0.2, 0.25) is 5.02 Å². The van der Waals surface area contributed by atoms with E-state index >= 15 is 0 Å². The molecule has 1 fully saturated rings. The fourth-order valence-electron chi connectivity index (χ4n) is 4.07. The largest absolute Gasteiger partial charge is 0.424 e. The number of amides is 1. The van der Waals surface area contributed by atoms with Crippen molar-refractivity contribution < 1.29 is 9.21 Å². The minimum absolute atomic E-state index is 0.0104. The number of aromatic nitrogens is 4. The number of para-hydroxylation sites is 1. The van der Waals surface area contributed by atoms with Gasteiger partial charge in [-0.05, 0) is 50.1 Å². The van der Waals surface area contributed by atoms with Crippen molar-refractivity contribution in [3.63, 3.8) is 0 Å². The number of hydrogen-bond acceptors (Lipinski definition) is 6. The van der Waals surface area contributed by atoms with Crippen molar-refractivity contribution in [2.75, 3.05) is 11.9 Å². The zero-order chi connectivity index (χ0) is 21.4. The fraction of sp³-hybridized carbons (Fsp3) is 0.273. The lowest BCUT2D eigenvalue weighted by molar-refractivity contribution is 0.0615. The van der Waals surface area contributed by atoms with E-state index in [-0.39, 0.29) is 18.0 Å². The first-order valence-electron chi connectivity index (χ1n) is 10.2. The van der Waals surface area contributed by atoms with Crippen LogP contribution in [0.5, 0.6) is 0 Å². The average Bonchev–Trinajstić information content (AvgIpc) is 3.44. The van der Waals surface area contributed by atoms with E-state index < -0.39 is 0 Å². The van der Waals surface area contributed by atoms with Gasteiger partial charge in [-0.25, -0.2) is 0 Å². The molecular weight excluding hydrogens is 416 g/mol. The van der Waals surface area contributed by atoms with Gasteiger partial charge in [-0.3, -0.25) is 4.79 Å². The molecule has 8 nitrogen and oxygen atoms in total. The molecule has 158 valence electrons. The zero-order valence-electron chi connectivity index (χ0n) is 16.9.